The molecule has 1 unspecified atom stereocenters. The molecular weight excluding hydrogens is 346 g/mol. The lowest BCUT2D eigenvalue weighted by Crippen LogP contribution is -2.14. The summed E-state index contributed by atoms with van der Waals surface area (Å²) >= 11 is 1.44. The van der Waals surface area contributed by atoms with E-state index in [2.05, 4.69) is 15.6 Å². The number of nitrogens with one attached hydrogen (secondary N) is 2. The largest absolute Gasteiger partial charge is 0.496 e. The van der Waals surface area contributed by atoms with E-state index in [4.69, 9.17) is 4.74 Å². The zero-order chi connectivity index (χ0) is 16.1. The topological polar surface area (TPSA) is 63.2 Å². The Labute approximate surface area is 152 Å². The molecule has 0 radical (unpaired) electrons. The van der Waals surface area contributed by atoms with Crippen molar-refractivity contribution in [1.82, 2.24) is 10.3 Å². The van der Waals surface area contributed by atoms with Gasteiger partial charge in [-0.15, -0.1) is 23.7 Å². The van der Waals surface area contributed by atoms with Gasteiger partial charge in [0.1, 0.15) is 5.75 Å². The molecule has 1 amide bonds. The molecule has 24 heavy (non-hydrogen) atoms. The minimum absolute atomic E-state index is 0. The van der Waals surface area contributed by atoms with Crippen molar-refractivity contribution in [2.45, 2.75) is 19.3 Å². The SMILES string of the molecule is COc1ccccc1-c1csc(NC(=O)CCC2CCNC2)n1.Cl. The Kier molecular flexibility index (Phi) is 7.02. The number of thiazole rings is 1. The van der Waals surface area contributed by atoms with E-state index in [1.54, 1.807) is 7.11 Å². The highest BCUT2D eigenvalue weighted by Crippen LogP contribution is 2.31. The predicted octanol–water partition coefficient (Wildman–Crippen LogP) is 3.57. The Morgan fingerprint density at radius 2 is 2.29 bits per heavy atom. The highest BCUT2D eigenvalue weighted by molar-refractivity contribution is 7.14. The first-order valence-corrected chi connectivity index (χ1v) is 8.73. The van der Waals surface area contributed by atoms with E-state index >= 15 is 0 Å². The van der Waals surface area contributed by atoms with Crippen LogP contribution in [0.2, 0.25) is 0 Å². The number of methoxy groups -OCH3 is 1. The Hall–Kier alpha value is -1.63. The van der Waals surface area contributed by atoms with Gasteiger partial charge in [-0.25, -0.2) is 4.98 Å². The fourth-order valence-corrected chi connectivity index (χ4v) is 3.52. The van der Waals surface area contributed by atoms with Crippen LogP contribution in [0.25, 0.3) is 11.3 Å². The summed E-state index contributed by atoms with van der Waals surface area (Å²) in [5.41, 5.74) is 1.76. The molecule has 2 N–H and O–H groups in total. The summed E-state index contributed by atoms with van der Waals surface area (Å²) in [6.45, 7) is 2.10. The van der Waals surface area contributed by atoms with E-state index in [9.17, 15) is 4.79 Å². The zero-order valence-corrected chi connectivity index (χ0v) is 15.2. The summed E-state index contributed by atoms with van der Waals surface area (Å²) in [5, 5.41) is 8.80. The Balaban J connectivity index is 0.00000208. The molecule has 1 aliphatic rings. The summed E-state index contributed by atoms with van der Waals surface area (Å²) in [7, 11) is 1.64. The monoisotopic (exact) mass is 367 g/mol. The summed E-state index contributed by atoms with van der Waals surface area (Å²) < 4.78 is 5.36. The molecule has 1 saturated heterocycles. The fraction of sp³-hybridized carbons (Fsp3) is 0.412. The van der Waals surface area contributed by atoms with E-state index in [-0.39, 0.29) is 18.3 Å². The van der Waals surface area contributed by atoms with Crippen LogP contribution in [-0.4, -0.2) is 31.1 Å². The van der Waals surface area contributed by atoms with E-state index in [0.29, 0.717) is 17.5 Å². The number of nitrogens with zero attached hydrogens (tertiary/aromatic N) is 1. The van der Waals surface area contributed by atoms with Crippen LogP contribution in [0.15, 0.2) is 29.6 Å². The van der Waals surface area contributed by atoms with Gasteiger partial charge in [-0.2, -0.15) is 0 Å². The molecule has 2 aromatic rings. The Morgan fingerprint density at radius 3 is 3.04 bits per heavy atom. The van der Waals surface area contributed by atoms with Crippen LogP contribution >= 0.6 is 23.7 Å². The number of rotatable bonds is 6. The maximum absolute atomic E-state index is 12.0. The molecule has 7 heteroatoms. The highest BCUT2D eigenvalue weighted by atomic mass is 35.5. The van der Waals surface area contributed by atoms with Gasteiger partial charge < -0.3 is 15.4 Å². The second-order valence-corrected chi connectivity index (χ2v) is 6.54. The van der Waals surface area contributed by atoms with Crippen molar-refractivity contribution < 1.29 is 9.53 Å². The lowest BCUT2D eigenvalue weighted by atomic mass is 10.0. The first-order chi connectivity index (χ1) is 11.3. The van der Waals surface area contributed by atoms with E-state index in [1.807, 2.05) is 29.6 Å². The van der Waals surface area contributed by atoms with Gasteiger partial charge in [0.25, 0.3) is 0 Å². The smallest absolute Gasteiger partial charge is 0.226 e. The summed E-state index contributed by atoms with van der Waals surface area (Å²) in [6, 6.07) is 7.75. The maximum Gasteiger partial charge on any atom is 0.226 e. The highest BCUT2D eigenvalue weighted by Gasteiger charge is 2.16. The number of para-hydroxylation sites is 1. The average molecular weight is 368 g/mol. The molecule has 2 heterocycles. The Morgan fingerprint density at radius 1 is 1.46 bits per heavy atom. The number of anilines is 1. The van der Waals surface area contributed by atoms with Gasteiger partial charge in [0, 0.05) is 17.4 Å². The molecule has 0 spiro atoms. The van der Waals surface area contributed by atoms with E-state index in [0.717, 1.165) is 36.5 Å². The number of benzene rings is 1. The minimum atomic E-state index is 0. The van der Waals surface area contributed by atoms with Crippen molar-refractivity contribution in [2.75, 3.05) is 25.5 Å². The fourth-order valence-electron chi connectivity index (χ4n) is 2.79. The molecule has 1 atom stereocenters. The molecule has 0 aliphatic carbocycles. The maximum atomic E-state index is 12.0. The number of hydrogen-bond acceptors (Lipinski definition) is 5. The van der Waals surface area contributed by atoms with Gasteiger partial charge in [-0.05, 0) is 44.0 Å². The van der Waals surface area contributed by atoms with Crippen LogP contribution in [0.4, 0.5) is 5.13 Å². The molecule has 1 aliphatic heterocycles. The van der Waals surface area contributed by atoms with Gasteiger partial charge in [-0.3, -0.25) is 4.79 Å². The molecule has 130 valence electrons. The van der Waals surface area contributed by atoms with Crippen molar-refractivity contribution in [3.05, 3.63) is 29.6 Å². The Bertz CT molecular complexity index is 671. The van der Waals surface area contributed by atoms with Crippen LogP contribution in [0.5, 0.6) is 5.75 Å². The number of aromatic nitrogens is 1. The van der Waals surface area contributed by atoms with Gasteiger partial charge >= 0.3 is 0 Å². The number of carbonyl (C=O) groups excluding carboxylic acids is 1. The third kappa shape index (κ3) is 4.69. The number of hydrogen-bond donors (Lipinski definition) is 2. The third-order valence-electron chi connectivity index (χ3n) is 4.08. The molecule has 1 aromatic carbocycles. The van der Waals surface area contributed by atoms with E-state index < -0.39 is 0 Å². The number of halogens is 1. The van der Waals surface area contributed by atoms with Crippen LogP contribution < -0.4 is 15.4 Å². The van der Waals surface area contributed by atoms with Crippen molar-refractivity contribution >= 4 is 34.8 Å². The lowest BCUT2D eigenvalue weighted by molar-refractivity contribution is -0.116. The molecule has 0 bridgehead atoms. The van der Waals surface area contributed by atoms with Crippen molar-refractivity contribution in [1.29, 1.82) is 0 Å². The van der Waals surface area contributed by atoms with Gasteiger partial charge in [0.2, 0.25) is 5.91 Å². The zero-order valence-electron chi connectivity index (χ0n) is 13.6. The number of amides is 1. The normalized spacial score (nSPS) is 16.5. The predicted molar refractivity (Wildman–Crippen MR) is 100 cm³/mol. The number of carbonyl (C=O) groups is 1. The molecule has 0 saturated carbocycles. The molecular formula is C17H22ClN3O2S. The van der Waals surface area contributed by atoms with Crippen molar-refractivity contribution in [2.24, 2.45) is 5.92 Å². The first-order valence-electron chi connectivity index (χ1n) is 7.85. The first kappa shape index (κ1) is 18.7. The van der Waals surface area contributed by atoms with Gasteiger partial charge in [0.15, 0.2) is 5.13 Å². The molecule has 5 nitrogen and oxygen atoms in total. The molecule has 1 fully saturated rings. The summed E-state index contributed by atoms with van der Waals surface area (Å²) in [6.07, 6.45) is 2.65. The third-order valence-corrected chi connectivity index (χ3v) is 4.83. The van der Waals surface area contributed by atoms with Crippen LogP contribution in [0, 0.1) is 5.92 Å². The quantitative estimate of drug-likeness (QED) is 0.819. The second kappa shape index (κ2) is 9.01. The second-order valence-electron chi connectivity index (χ2n) is 5.68. The average Bonchev–Trinajstić information content (AvgIpc) is 3.24. The lowest BCUT2D eigenvalue weighted by Gasteiger charge is -2.07. The van der Waals surface area contributed by atoms with Gasteiger partial charge in [-0.1, -0.05) is 12.1 Å². The van der Waals surface area contributed by atoms with Crippen molar-refractivity contribution in [3.63, 3.8) is 0 Å². The van der Waals surface area contributed by atoms with Crippen LogP contribution in [-0.2, 0) is 4.79 Å². The summed E-state index contributed by atoms with van der Waals surface area (Å²) in [4.78, 5) is 16.6. The number of ether oxygens (including phenoxy) is 1. The standard InChI is InChI=1S/C17H21N3O2S.ClH/c1-22-15-5-3-2-4-13(15)14-11-23-17(19-14)20-16(21)7-6-12-8-9-18-10-12;/h2-5,11-12,18H,6-10H2,1H3,(H,19,20,21);1H. The van der Waals surface area contributed by atoms with E-state index in [1.165, 1.54) is 17.8 Å². The summed E-state index contributed by atoms with van der Waals surface area (Å²) in [5.74, 6) is 1.45. The van der Waals surface area contributed by atoms with Crippen molar-refractivity contribution in [3.8, 4) is 17.0 Å². The van der Waals surface area contributed by atoms with Crippen LogP contribution in [0.1, 0.15) is 19.3 Å². The molecule has 3 rings (SSSR count). The molecule has 1 aromatic heterocycles. The minimum Gasteiger partial charge on any atom is -0.496 e. The van der Waals surface area contributed by atoms with Crippen LogP contribution in [0.3, 0.4) is 0 Å². The van der Waals surface area contributed by atoms with Gasteiger partial charge in [0.05, 0.1) is 12.8 Å².